The van der Waals surface area contributed by atoms with Gasteiger partial charge in [-0.2, -0.15) is 4.98 Å². The number of hydrogen-bond acceptors (Lipinski definition) is 6. The van der Waals surface area contributed by atoms with Crippen molar-refractivity contribution in [3.63, 3.8) is 0 Å². The highest BCUT2D eigenvalue weighted by Crippen LogP contribution is 2.15. The van der Waals surface area contributed by atoms with E-state index in [0.29, 0.717) is 18.9 Å². The number of anilines is 2. The van der Waals surface area contributed by atoms with Crippen molar-refractivity contribution in [3.8, 4) is 0 Å². The molecule has 8 nitrogen and oxygen atoms in total. The first kappa shape index (κ1) is 18.2. The van der Waals surface area contributed by atoms with Gasteiger partial charge in [-0.25, -0.2) is 9.97 Å². The van der Waals surface area contributed by atoms with Crippen LogP contribution in [0.5, 0.6) is 0 Å². The highest BCUT2D eigenvalue weighted by Gasteiger charge is 2.18. The second kappa shape index (κ2) is 8.24. The number of hydrogen-bond donors (Lipinski definition) is 3. The average Bonchev–Trinajstić information content (AvgIpc) is 3.31. The second-order valence-corrected chi connectivity index (χ2v) is 7.04. The minimum absolute atomic E-state index is 0.267. The number of para-hydroxylation sites is 2. The van der Waals surface area contributed by atoms with Gasteiger partial charge in [-0.05, 0) is 31.9 Å². The molecule has 1 fully saturated rings. The fraction of sp³-hybridized carbons (Fsp3) is 0.400. The molecule has 146 valence electrons. The van der Waals surface area contributed by atoms with E-state index in [1.807, 2.05) is 36.1 Å². The molecule has 4 rings (SSSR count). The van der Waals surface area contributed by atoms with E-state index in [0.717, 1.165) is 60.7 Å². The van der Waals surface area contributed by atoms with Gasteiger partial charge in [0.2, 0.25) is 11.9 Å². The van der Waals surface area contributed by atoms with Crippen molar-refractivity contribution in [1.82, 2.24) is 24.8 Å². The van der Waals surface area contributed by atoms with Gasteiger partial charge in [0, 0.05) is 37.8 Å². The highest BCUT2D eigenvalue weighted by molar-refractivity contribution is 5.78. The number of likely N-dealkylation sites (tertiary alicyclic amines) is 1. The van der Waals surface area contributed by atoms with Gasteiger partial charge in [0.15, 0.2) is 0 Å². The molecule has 1 saturated heterocycles. The first-order valence-corrected chi connectivity index (χ1v) is 9.72. The van der Waals surface area contributed by atoms with Gasteiger partial charge in [0.25, 0.3) is 0 Å². The van der Waals surface area contributed by atoms with Gasteiger partial charge in [-0.15, -0.1) is 0 Å². The molecule has 0 bridgehead atoms. The summed E-state index contributed by atoms with van der Waals surface area (Å²) in [5, 5.41) is 6.58. The number of amides is 1. The number of rotatable bonds is 8. The van der Waals surface area contributed by atoms with E-state index in [1.165, 1.54) is 0 Å². The van der Waals surface area contributed by atoms with E-state index < -0.39 is 0 Å². The van der Waals surface area contributed by atoms with E-state index in [2.05, 4.69) is 30.6 Å². The molecule has 3 heterocycles. The third-order valence-corrected chi connectivity index (χ3v) is 4.89. The number of benzene rings is 1. The lowest BCUT2D eigenvalue weighted by Crippen LogP contribution is -2.27. The molecule has 3 aromatic rings. The molecule has 0 saturated carbocycles. The largest absolute Gasteiger partial charge is 0.362 e. The number of carbonyl (C=O) groups is 1. The van der Waals surface area contributed by atoms with Crippen LogP contribution < -0.4 is 10.6 Å². The van der Waals surface area contributed by atoms with Crippen LogP contribution in [-0.4, -0.2) is 50.4 Å². The Hall–Kier alpha value is -3.16. The zero-order valence-electron chi connectivity index (χ0n) is 16.0. The Labute approximate surface area is 163 Å². The van der Waals surface area contributed by atoms with E-state index in [-0.39, 0.29) is 5.91 Å². The zero-order valence-corrected chi connectivity index (χ0v) is 16.0. The van der Waals surface area contributed by atoms with Crippen molar-refractivity contribution >= 4 is 28.7 Å². The van der Waals surface area contributed by atoms with Crippen LogP contribution in [0.2, 0.25) is 0 Å². The zero-order chi connectivity index (χ0) is 19.3. The summed E-state index contributed by atoms with van der Waals surface area (Å²) in [7, 11) is 0. The molecule has 0 atom stereocenters. The monoisotopic (exact) mass is 379 g/mol. The van der Waals surface area contributed by atoms with E-state index in [1.54, 1.807) is 6.20 Å². The van der Waals surface area contributed by atoms with Crippen molar-refractivity contribution in [1.29, 1.82) is 0 Å². The summed E-state index contributed by atoms with van der Waals surface area (Å²) in [6, 6.07) is 7.97. The summed E-state index contributed by atoms with van der Waals surface area (Å²) in [6.07, 6.45) is 4.35. The van der Waals surface area contributed by atoms with Crippen LogP contribution in [0.1, 0.15) is 30.7 Å². The third kappa shape index (κ3) is 4.21. The average molecular weight is 379 g/mol. The van der Waals surface area contributed by atoms with Crippen molar-refractivity contribution in [2.45, 2.75) is 32.7 Å². The standard InChI is InChI=1S/C20H25N7O/c1-14-12-23-20(21-9-5-11-27-10-4-8-18(27)28)26-19(14)22-13-17-24-15-6-2-3-7-16(15)25-17/h2-3,6-7,12H,4-5,8-11,13H2,1H3,(H,24,25)(H2,21,22,23,26). The predicted molar refractivity (Wildman–Crippen MR) is 109 cm³/mol. The van der Waals surface area contributed by atoms with Crippen molar-refractivity contribution < 1.29 is 4.79 Å². The van der Waals surface area contributed by atoms with Crippen LogP contribution in [0.15, 0.2) is 30.5 Å². The number of H-pyrrole nitrogens is 1. The number of aromatic amines is 1. The number of imidazole rings is 1. The van der Waals surface area contributed by atoms with Gasteiger partial charge in [-0.3, -0.25) is 4.79 Å². The number of aryl methyl sites for hydroxylation is 1. The molecule has 28 heavy (non-hydrogen) atoms. The molecule has 0 spiro atoms. The number of nitrogens with zero attached hydrogens (tertiary/aromatic N) is 4. The minimum Gasteiger partial charge on any atom is -0.362 e. The molecule has 0 aliphatic carbocycles. The van der Waals surface area contributed by atoms with Crippen LogP contribution >= 0.6 is 0 Å². The van der Waals surface area contributed by atoms with Crippen LogP contribution in [0, 0.1) is 6.92 Å². The molecule has 1 amide bonds. The Kier molecular flexibility index (Phi) is 5.36. The maximum Gasteiger partial charge on any atom is 0.224 e. The Morgan fingerprint density at radius 1 is 1.21 bits per heavy atom. The summed E-state index contributed by atoms with van der Waals surface area (Å²) in [4.78, 5) is 30.4. The van der Waals surface area contributed by atoms with Crippen molar-refractivity contribution in [3.05, 3.63) is 41.9 Å². The number of carbonyl (C=O) groups excluding carboxylic acids is 1. The molecule has 8 heteroatoms. The summed E-state index contributed by atoms with van der Waals surface area (Å²) < 4.78 is 0. The molecule has 2 aromatic heterocycles. The molecular weight excluding hydrogens is 354 g/mol. The summed E-state index contributed by atoms with van der Waals surface area (Å²) >= 11 is 0. The van der Waals surface area contributed by atoms with Crippen LogP contribution in [0.25, 0.3) is 11.0 Å². The summed E-state index contributed by atoms with van der Waals surface area (Å²) in [5.74, 6) is 2.51. The maximum absolute atomic E-state index is 11.6. The molecule has 1 aromatic carbocycles. The third-order valence-electron chi connectivity index (χ3n) is 4.89. The number of fused-ring (bicyclic) bond motifs is 1. The Bertz CT molecular complexity index is 935. The second-order valence-electron chi connectivity index (χ2n) is 7.04. The highest BCUT2D eigenvalue weighted by atomic mass is 16.2. The molecule has 3 N–H and O–H groups in total. The molecule has 0 unspecified atom stereocenters. The van der Waals surface area contributed by atoms with E-state index in [4.69, 9.17) is 0 Å². The fourth-order valence-electron chi connectivity index (χ4n) is 3.37. The van der Waals surface area contributed by atoms with Crippen LogP contribution in [-0.2, 0) is 11.3 Å². The van der Waals surface area contributed by atoms with Gasteiger partial charge >= 0.3 is 0 Å². The van der Waals surface area contributed by atoms with Crippen molar-refractivity contribution in [2.75, 3.05) is 30.3 Å². The summed E-state index contributed by atoms with van der Waals surface area (Å²) in [6.45, 7) is 4.94. The Balaban J connectivity index is 1.31. The Morgan fingerprint density at radius 2 is 2.11 bits per heavy atom. The SMILES string of the molecule is Cc1cnc(NCCCN2CCCC2=O)nc1NCc1nc2ccccc2[nH]1. The Morgan fingerprint density at radius 3 is 2.93 bits per heavy atom. The van der Waals surface area contributed by atoms with Gasteiger partial charge in [0.1, 0.15) is 11.6 Å². The maximum atomic E-state index is 11.6. The number of aromatic nitrogens is 4. The molecule has 1 aliphatic heterocycles. The lowest BCUT2D eigenvalue weighted by atomic mass is 10.3. The van der Waals surface area contributed by atoms with Gasteiger partial charge in [0.05, 0.1) is 17.6 Å². The van der Waals surface area contributed by atoms with Gasteiger partial charge < -0.3 is 20.5 Å². The van der Waals surface area contributed by atoms with Crippen LogP contribution in [0.4, 0.5) is 11.8 Å². The quantitative estimate of drug-likeness (QED) is 0.521. The van der Waals surface area contributed by atoms with E-state index in [9.17, 15) is 4.79 Å². The molecule has 1 aliphatic rings. The van der Waals surface area contributed by atoms with Gasteiger partial charge in [-0.1, -0.05) is 12.1 Å². The van der Waals surface area contributed by atoms with E-state index >= 15 is 0 Å². The lowest BCUT2D eigenvalue weighted by molar-refractivity contribution is -0.127. The fourth-order valence-corrected chi connectivity index (χ4v) is 3.37. The van der Waals surface area contributed by atoms with Crippen LogP contribution in [0.3, 0.4) is 0 Å². The first-order valence-electron chi connectivity index (χ1n) is 9.72. The smallest absolute Gasteiger partial charge is 0.224 e. The first-order chi connectivity index (χ1) is 13.7. The molecule has 0 radical (unpaired) electrons. The summed E-state index contributed by atoms with van der Waals surface area (Å²) in [5.41, 5.74) is 2.96. The number of nitrogens with one attached hydrogen (secondary N) is 3. The normalized spacial score (nSPS) is 14.0. The topological polar surface area (TPSA) is 98.8 Å². The lowest BCUT2D eigenvalue weighted by Gasteiger charge is -2.15. The minimum atomic E-state index is 0.267. The van der Waals surface area contributed by atoms with Crippen molar-refractivity contribution in [2.24, 2.45) is 0 Å². The molecular formula is C20H25N7O. The predicted octanol–water partition coefficient (Wildman–Crippen LogP) is 2.70.